The summed E-state index contributed by atoms with van der Waals surface area (Å²) in [7, 11) is 6.12. The molecule has 6 aromatic carbocycles. The molecule has 4 aromatic heterocycles. The number of aromatic nitrogens is 6. The van der Waals surface area contributed by atoms with E-state index in [2.05, 4.69) is 10.2 Å². The third-order valence-electron chi connectivity index (χ3n) is 10.2. The van der Waals surface area contributed by atoms with Crippen molar-refractivity contribution in [2.24, 2.45) is 20.5 Å². The molecular weight excluding hydrogens is 837 g/mol. The summed E-state index contributed by atoms with van der Waals surface area (Å²) in [5, 5.41) is 30.6. The summed E-state index contributed by atoms with van der Waals surface area (Å²) in [5.41, 5.74) is 10.4. The van der Waals surface area contributed by atoms with E-state index in [0.717, 1.165) is 56.2 Å². The van der Waals surface area contributed by atoms with Gasteiger partial charge in [-0.15, -0.1) is 10.2 Å². The first-order valence-electron chi connectivity index (χ1n) is 20.2. The number of hydrogen-bond donors (Lipinski definition) is 0. The third kappa shape index (κ3) is 8.34. The summed E-state index contributed by atoms with van der Waals surface area (Å²) in [6, 6.07) is 58.9. The number of hydrogen-bond acceptors (Lipinski definition) is 12. The summed E-state index contributed by atoms with van der Waals surface area (Å²) in [4.78, 5) is 10.5. The van der Waals surface area contributed by atoms with Crippen molar-refractivity contribution in [3.8, 4) is 56.5 Å². The van der Waals surface area contributed by atoms with Gasteiger partial charge in [-0.1, -0.05) is 97.1 Å². The van der Waals surface area contributed by atoms with Crippen LogP contribution in [0.1, 0.15) is 0 Å². The largest absolute Gasteiger partial charge is 0.497 e. The maximum atomic E-state index is 5.49. The highest BCUT2D eigenvalue weighted by Crippen LogP contribution is 2.44. The highest BCUT2D eigenvalue weighted by atomic mass is 33.1. The highest BCUT2D eigenvalue weighted by Gasteiger charge is 2.23. The number of rotatable bonds is 13. The van der Waals surface area contributed by atoms with Crippen LogP contribution < -0.4 is 9.47 Å². The Morgan fingerprint density at radius 3 is 1.12 bits per heavy atom. The number of fused-ring (bicyclic) bond motifs is 2. The van der Waals surface area contributed by atoms with Crippen molar-refractivity contribution in [1.82, 2.24) is 29.2 Å². The fourth-order valence-corrected chi connectivity index (χ4v) is 8.94. The number of methoxy groups -OCH3 is 2. The lowest BCUT2D eigenvalue weighted by Crippen LogP contribution is -2.00. The quantitative estimate of drug-likeness (QED) is 0.0636. The Kier molecular flexibility index (Phi) is 11.4. The van der Waals surface area contributed by atoms with Crippen LogP contribution in [0, 0.1) is 0 Å². The summed E-state index contributed by atoms with van der Waals surface area (Å²) in [5.74, 6) is 1.48. The molecule has 310 valence electrons. The van der Waals surface area contributed by atoms with Gasteiger partial charge in [0.2, 0.25) is 10.3 Å². The van der Waals surface area contributed by atoms with Crippen LogP contribution in [0.25, 0.3) is 56.1 Å². The smallest absolute Gasteiger partial charge is 0.201 e. The van der Waals surface area contributed by atoms with Crippen LogP contribution in [0.2, 0.25) is 0 Å². The van der Waals surface area contributed by atoms with Crippen molar-refractivity contribution in [3.63, 3.8) is 0 Å². The van der Waals surface area contributed by atoms with Crippen LogP contribution in [0.4, 0.5) is 22.7 Å². The first kappa shape index (κ1) is 40.2. The maximum Gasteiger partial charge on any atom is 0.201 e. The van der Waals surface area contributed by atoms with Crippen LogP contribution in [0.15, 0.2) is 213 Å². The monoisotopic (exact) mass is 872 g/mol. The van der Waals surface area contributed by atoms with E-state index >= 15 is 0 Å². The van der Waals surface area contributed by atoms with Crippen molar-refractivity contribution < 1.29 is 9.47 Å². The number of azo groups is 2. The minimum Gasteiger partial charge on any atom is -0.497 e. The molecule has 0 fully saturated rings. The highest BCUT2D eigenvalue weighted by molar-refractivity contribution is 8.76. The van der Waals surface area contributed by atoms with Crippen molar-refractivity contribution in [2.75, 3.05) is 14.2 Å². The summed E-state index contributed by atoms with van der Waals surface area (Å²) >= 11 is 0. The van der Waals surface area contributed by atoms with Crippen molar-refractivity contribution in [1.29, 1.82) is 0 Å². The van der Waals surface area contributed by atoms with E-state index in [0.29, 0.717) is 44.5 Å². The number of benzene rings is 6. The molecule has 0 aliphatic carbocycles. The second-order valence-corrected chi connectivity index (χ2v) is 16.3. The lowest BCUT2D eigenvalue weighted by Gasteiger charge is -2.10. The molecule has 0 aliphatic rings. The van der Waals surface area contributed by atoms with Gasteiger partial charge in [-0.2, -0.15) is 20.4 Å². The lowest BCUT2D eigenvalue weighted by molar-refractivity contribution is 0.415. The van der Waals surface area contributed by atoms with Gasteiger partial charge in [0.1, 0.15) is 34.3 Å². The summed E-state index contributed by atoms with van der Waals surface area (Å²) in [6.07, 6.45) is 0. The standard InChI is InChI=1S/C50H36N10O2S2/c1-61-39-27-23-33(24-28-39)41-31-43-47(55-53-37-19-11-5-12-20-37)45(35-15-7-3-8-16-35)57-59(43)49(51-41)63-64-50-52-42(34-25-29-40(62-2)30-26-34)32-44-48(56-54-38-21-13-6-14-22-38)46(58-60(44)50)36-17-9-4-10-18-36/h3-32H,1-2H3. The van der Waals surface area contributed by atoms with Crippen LogP contribution >= 0.6 is 21.6 Å². The number of nitrogens with zero attached hydrogens (tertiary/aromatic N) is 10. The molecule has 0 saturated heterocycles. The van der Waals surface area contributed by atoms with E-state index in [9.17, 15) is 0 Å². The Bertz CT molecular complexity index is 3050. The van der Waals surface area contributed by atoms with Gasteiger partial charge in [0, 0.05) is 22.3 Å². The molecule has 0 atom stereocenters. The Balaban J connectivity index is 1.16. The minimum absolute atomic E-state index is 0.580. The second kappa shape index (κ2) is 18.2. The molecule has 0 unspecified atom stereocenters. The van der Waals surface area contributed by atoms with Crippen molar-refractivity contribution >= 4 is 55.4 Å². The summed E-state index contributed by atoms with van der Waals surface area (Å²) in [6.45, 7) is 0. The van der Waals surface area contributed by atoms with Gasteiger partial charge < -0.3 is 9.47 Å². The van der Waals surface area contributed by atoms with E-state index in [4.69, 9.17) is 39.9 Å². The van der Waals surface area contributed by atoms with Gasteiger partial charge in [0.25, 0.3) is 0 Å². The topological polar surface area (TPSA) is 128 Å². The fourth-order valence-electron chi connectivity index (χ4n) is 7.01. The van der Waals surface area contributed by atoms with E-state index in [-0.39, 0.29) is 0 Å². The molecule has 12 nitrogen and oxygen atoms in total. The second-order valence-electron chi connectivity index (χ2n) is 14.3. The SMILES string of the molecule is COc1ccc(-c2cc3c(N=Nc4ccccc4)c(-c4ccccc4)nn3c(SSc3nc(-c4ccc(OC)cc4)cc4c(N=Nc5ccccc5)c(-c5ccccc5)nn34)n2)cc1. The Morgan fingerprint density at radius 1 is 0.406 bits per heavy atom. The molecule has 10 rings (SSSR count). The van der Waals surface area contributed by atoms with E-state index < -0.39 is 0 Å². The third-order valence-corrected chi connectivity index (χ3v) is 12.3. The van der Waals surface area contributed by atoms with Gasteiger partial charge >= 0.3 is 0 Å². The molecular formula is C50H36N10O2S2. The van der Waals surface area contributed by atoms with Gasteiger partial charge in [0.05, 0.1) is 48.0 Å². The van der Waals surface area contributed by atoms with Crippen LogP contribution in [-0.2, 0) is 0 Å². The lowest BCUT2D eigenvalue weighted by atomic mass is 10.1. The average Bonchev–Trinajstić information content (AvgIpc) is 3.94. The Labute approximate surface area is 375 Å². The fraction of sp³-hybridized carbons (Fsp3) is 0.0400. The normalized spacial score (nSPS) is 11.6. The molecule has 0 N–H and O–H groups in total. The molecule has 14 heteroatoms. The molecule has 0 spiro atoms. The Morgan fingerprint density at radius 2 is 0.766 bits per heavy atom. The van der Waals surface area contributed by atoms with Gasteiger partial charge in [0.15, 0.2) is 0 Å². The molecule has 0 saturated carbocycles. The zero-order valence-corrected chi connectivity index (χ0v) is 36.1. The number of ether oxygens (including phenoxy) is 2. The molecule has 4 heterocycles. The molecule has 0 radical (unpaired) electrons. The van der Waals surface area contributed by atoms with Gasteiger partial charge in [-0.05, 0) is 107 Å². The first-order chi connectivity index (χ1) is 31.6. The van der Waals surface area contributed by atoms with Crippen LogP contribution in [0.3, 0.4) is 0 Å². The van der Waals surface area contributed by atoms with Crippen molar-refractivity contribution in [2.45, 2.75) is 10.3 Å². The molecule has 64 heavy (non-hydrogen) atoms. The van der Waals surface area contributed by atoms with Gasteiger partial charge in [-0.25, -0.2) is 19.0 Å². The average molecular weight is 873 g/mol. The molecule has 0 aliphatic heterocycles. The van der Waals surface area contributed by atoms with E-state index in [1.165, 1.54) is 21.6 Å². The van der Waals surface area contributed by atoms with Crippen LogP contribution in [0.5, 0.6) is 11.5 Å². The van der Waals surface area contributed by atoms with E-state index in [1.54, 1.807) is 14.2 Å². The first-order valence-corrected chi connectivity index (χ1v) is 22.3. The van der Waals surface area contributed by atoms with Crippen LogP contribution in [-0.4, -0.2) is 43.4 Å². The maximum absolute atomic E-state index is 5.49. The Hall–Kier alpha value is -7.94. The predicted molar refractivity (Wildman–Crippen MR) is 254 cm³/mol. The van der Waals surface area contributed by atoms with Gasteiger partial charge in [-0.3, -0.25) is 0 Å². The molecule has 0 amide bonds. The van der Waals surface area contributed by atoms with E-state index in [1.807, 2.05) is 191 Å². The zero-order valence-electron chi connectivity index (χ0n) is 34.4. The summed E-state index contributed by atoms with van der Waals surface area (Å²) < 4.78 is 14.6. The minimum atomic E-state index is 0.580. The predicted octanol–water partition coefficient (Wildman–Crippen LogP) is 14.1. The molecule has 10 aromatic rings. The van der Waals surface area contributed by atoms with Crippen molar-refractivity contribution in [3.05, 3.63) is 182 Å². The molecule has 0 bridgehead atoms. The zero-order chi connectivity index (χ0) is 43.2.